The molecule has 1 N–H and O–H groups in total. The van der Waals surface area contributed by atoms with Gasteiger partial charge in [0, 0.05) is 37.3 Å². The molecule has 0 atom stereocenters. The minimum absolute atomic E-state index is 0.0860. The molecule has 3 aromatic heterocycles. The van der Waals surface area contributed by atoms with Gasteiger partial charge in [0.1, 0.15) is 11.5 Å². The van der Waals surface area contributed by atoms with Crippen molar-refractivity contribution in [3.8, 4) is 11.6 Å². The minimum atomic E-state index is -1.97. The second-order valence-electron chi connectivity index (χ2n) is 14.4. The first-order valence-corrected chi connectivity index (χ1v) is 19.4. The van der Waals surface area contributed by atoms with Crippen LogP contribution in [0.4, 0.5) is 0 Å². The quantitative estimate of drug-likeness (QED) is 0.151. The Balaban J connectivity index is 1.46. The van der Waals surface area contributed by atoms with E-state index in [1.807, 2.05) is 17.2 Å². The van der Waals surface area contributed by atoms with Gasteiger partial charge in [-0.05, 0) is 74.4 Å². The molecule has 0 saturated heterocycles. The van der Waals surface area contributed by atoms with Crippen molar-refractivity contribution in [2.75, 3.05) is 26.3 Å². The van der Waals surface area contributed by atoms with Crippen LogP contribution in [0.25, 0.3) is 11.0 Å². The highest BCUT2D eigenvalue weighted by Gasteiger charge is 2.40. The summed E-state index contributed by atoms with van der Waals surface area (Å²) in [6.07, 6.45) is 12.5. The lowest BCUT2D eigenvalue weighted by Gasteiger charge is -2.37. The Morgan fingerprint density at radius 1 is 1.16 bits per heavy atom. The summed E-state index contributed by atoms with van der Waals surface area (Å²) in [6.45, 7) is 15.2. The van der Waals surface area contributed by atoms with Crippen molar-refractivity contribution >= 4 is 25.3 Å². The van der Waals surface area contributed by atoms with Gasteiger partial charge >= 0.3 is 0 Å². The van der Waals surface area contributed by atoms with Crippen LogP contribution in [0.3, 0.4) is 0 Å². The number of fused-ring (bicyclic) bond motifs is 1. The van der Waals surface area contributed by atoms with E-state index < -0.39 is 8.32 Å². The molecular formula is C34H51N5O4Si. The van der Waals surface area contributed by atoms with E-state index in [2.05, 4.69) is 68.7 Å². The van der Waals surface area contributed by atoms with Crippen molar-refractivity contribution in [1.82, 2.24) is 24.4 Å². The molecule has 240 valence electrons. The monoisotopic (exact) mass is 621 g/mol. The number of hydrogen-bond donors (Lipinski definition) is 1. The Hall–Kier alpha value is -2.98. The molecule has 2 fully saturated rings. The summed E-state index contributed by atoms with van der Waals surface area (Å²) >= 11 is 0. The minimum Gasteiger partial charge on any atom is -0.491 e. The maximum Gasteiger partial charge on any atom is 0.276 e. The van der Waals surface area contributed by atoms with Crippen LogP contribution in [0.2, 0.25) is 18.1 Å². The lowest BCUT2D eigenvalue weighted by atomic mass is 9.92. The van der Waals surface area contributed by atoms with Crippen LogP contribution in [0.1, 0.15) is 95.4 Å². The third kappa shape index (κ3) is 7.12. The SMILES string of the molecule is CCCCOc1c(O)nc(CC2(n3ccc4cccnc43)CCCC2)nc1C(=O)N(CCO[Si](C)(C)C(C)(C)C)CC1CC1. The number of amides is 1. The first-order valence-electron chi connectivity index (χ1n) is 16.5. The van der Waals surface area contributed by atoms with Crippen molar-refractivity contribution in [3.05, 3.63) is 42.1 Å². The summed E-state index contributed by atoms with van der Waals surface area (Å²) in [5.74, 6) is 0.545. The number of carbonyl (C=O) groups is 1. The molecule has 0 spiro atoms. The molecule has 0 unspecified atom stereocenters. The van der Waals surface area contributed by atoms with E-state index in [4.69, 9.17) is 19.1 Å². The molecule has 2 saturated carbocycles. The predicted octanol–water partition coefficient (Wildman–Crippen LogP) is 7.10. The zero-order chi connectivity index (χ0) is 31.5. The molecule has 3 heterocycles. The van der Waals surface area contributed by atoms with Gasteiger partial charge < -0.3 is 23.7 Å². The Labute approximate surface area is 263 Å². The lowest BCUT2D eigenvalue weighted by Crippen LogP contribution is -2.44. The molecule has 5 rings (SSSR count). The van der Waals surface area contributed by atoms with Gasteiger partial charge in [0.2, 0.25) is 5.75 Å². The summed E-state index contributed by atoms with van der Waals surface area (Å²) in [6, 6.07) is 6.13. The number of hydrogen-bond acceptors (Lipinski definition) is 7. The normalized spacial score (nSPS) is 16.9. The fourth-order valence-corrected chi connectivity index (χ4v) is 7.04. The third-order valence-electron chi connectivity index (χ3n) is 9.91. The van der Waals surface area contributed by atoms with Crippen LogP contribution in [-0.2, 0) is 16.4 Å². The number of carbonyl (C=O) groups excluding carboxylic acids is 1. The second kappa shape index (κ2) is 13.2. The van der Waals surface area contributed by atoms with E-state index in [1.54, 1.807) is 0 Å². The summed E-state index contributed by atoms with van der Waals surface area (Å²) in [7, 11) is -1.97. The molecule has 0 aliphatic heterocycles. The largest absolute Gasteiger partial charge is 0.491 e. The van der Waals surface area contributed by atoms with Gasteiger partial charge in [-0.2, -0.15) is 4.98 Å². The lowest BCUT2D eigenvalue weighted by molar-refractivity contribution is 0.0703. The number of unbranched alkanes of at least 4 members (excludes halogenated alkanes) is 1. The van der Waals surface area contributed by atoms with Crippen molar-refractivity contribution < 1.29 is 19.1 Å². The number of nitrogens with zero attached hydrogens (tertiary/aromatic N) is 5. The molecule has 9 nitrogen and oxygen atoms in total. The highest BCUT2D eigenvalue weighted by molar-refractivity contribution is 6.74. The first kappa shape index (κ1) is 32.4. The fourth-order valence-electron chi connectivity index (χ4n) is 6.00. The molecule has 3 aromatic rings. The number of aromatic hydroxyl groups is 1. The van der Waals surface area contributed by atoms with E-state index in [0.717, 1.165) is 62.4 Å². The van der Waals surface area contributed by atoms with Gasteiger partial charge in [0.15, 0.2) is 14.0 Å². The number of rotatable bonds is 14. The van der Waals surface area contributed by atoms with Gasteiger partial charge in [-0.15, -0.1) is 0 Å². The second-order valence-corrected chi connectivity index (χ2v) is 19.2. The first-order chi connectivity index (χ1) is 20.9. The van der Waals surface area contributed by atoms with Gasteiger partial charge in [-0.25, -0.2) is 9.97 Å². The zero-order valence-electron chi connectivity index (χ0n) is 27.6. The molecule has 0 bridgehead atoms. The van der Waals surface area contributed by atoms with Crippen molar-refractivity contribution in [3.63, 3.8) is 0 Å². The van der Waals surface area contributed by atoms with E-state index in [1.165, 1.54) is 0 Å². The molecule has 1 amide bonds. The summed E-state index contributed by atoms with van der Waals surface area (Å²) in [5.41, 5.74) is 0.810. The highest BCUT2D eigenvalue weighted by atomic mass is 28.4. The topological polar surface area (TPSA) is 103 Å². The van der Waals surface area contributed by atoms with Crippen molar-refractivity contribution in [2.45, 2.75) is 109 Å². The molecule has 2 aliphatic rings. The predicted molar refractivity (Wildman–Crippen MR) is 176 cm³/mol. The maximum absolute atomic E-state index is 14.3. The standard InChI is InChI=1S/C34H51N5O4Si/c1-7-8-21-42-29-28(32(41)38(24-25-13-14-25)20-22-43-44(5,6)33(2,3)4)36-27(37-31(29)40)23-34(16-9-10-17-34)39-19-15-26-12-11-18-35-30(26)39/h11-12,15,18-19,25H,7-10,13-14,16-17,20-24H2,1-6H3,(H,36,37,40). The van der Waals surface area contributed by atoms with Gasteiger partial charge in [0.05, 0.1) is 18.8 Å². The molecule has 0 aromatic carbocycles. The Kier molecular flexibility index (Phi) is 9.70. The molecule has 0 radical (unpaired) electrons. The van der Waals surface area contributed by atoms with Crippen molar-refractivity contribution in [2.24, 2.45) is 5.92 Å². The third-order valence-corrected chi connectivity index (χ3v) is 14.5. The van der Waals surface area contributed by atoms with Crippen LogP contribution >= 0.6 is 0 Å². The van der Waals surface area contributed by atoms with E-state index in [9.17, 15) is 9.90 Å². The van der Waals surface area contributed by atoms with E-state index in [0.29, 0.717) is 44.5 Å². The smallest absolute Gasteiger partial charge is 0.276 e. The average Bonchev–Trinajstić information content (AvgIpc) is 3.48. The number of ether oxygens (including phenoxy) is 1. The van der Waals surface area contributed by atoms with Gasteiger partial charge in [-0.3, -0.25) is 4.79 Å². The molecule has 44 heavy (non-hydrogen) atoms. The molecule has 2 aliphatic carbocycles. The van der Waals surface area contributed by atoms with Crippen LogP contribution < -0.4 is 4.74 Å². The average molecular weight is 622 g/mol. The van der Waals surface area contributed by atoms with Crippen LogP contribution in [0.5, 0.6) is 11.6 Å². The van der Waals surface area contributed by atoms with E-state index in [-0.39, 0.29) is 33.8 Å². The summed E-state index contributed by atoms with van der Waals surface area (Å²) < 4.78 is 14.8. The molecular weight excluding hydrogens is 570 g/mol. The van der Waals surface area contributed by atoms with Crippen LogP contribution in [0, 0.1) is 5.92 Å². The summed E-state index contributed by atoms with van der Waals surface area (Å²) in [4.78, 5) is 30.3. The fraction of sp³-hybridized carbons (Fsp3) is 0.647. The zero-order valence-corrected chi connectivity index (χ0v) is 28.6. The Morgan fingerprint density at radius 3 is 2.59 bits per heavy atom. The Morgan fingerprint density at radius 2 is 1.91 bits per heavy atom. The Bertz CT molecular complexity index is 1440. The van der Waals surface area contributed by atoms with Gasteiger partial charge in [0.25, 0.3) is 11.8 Å². The van der Waals surface area contributed by atoms with E-state index >= 15 is 0 Å². The number of aromatic nitrogens is 4. The number of pyridine rings is 1. The maximum atomic E-state index is 14.3. The highest BCUT2D eigenvalue weighted by Crippen LogP contribution is 2.42. The van der Waals surface area contributed by atoms with Gasteiger partial charge in [-0.1, -0.05) is 47.0 Å². The van der Waals surface area contributed by atoms with Crippen LogP contribution in [-0.4, -0.2) is 70.1 Å². The molecule has 10 heteroatoms. The van der Waals surface area contributed by atoms with Crippen LogP contribution in [0.15, 0.2) is 30.6 Å². The summed E-state index contributed by atoms with van der Waals surface area (Å²) in [5, 5.41) is 12.4. The van der Waals surface area contributed by atoms with Crippen molar-refractivity contribution in [1.29, 1.82) is 0 Å².